The molecule has 0 radical (unpaired) electrons. The molecule has 0 aliphatic heterocycles. The van der Waals surface area contributed by atoms with E-state index >= 15 is 0 Å². The van der Waals surface area contributed by atoms with Crippen LogP contribution in [0.1, 0.15) is 5.56 Å². The van der Waals surface area contributed by atoms with Crippen LogP contribution in [0.3, 0.4) is 0 Å². The van der Waals surface area contributed by atoms with Gasteiger partial charge >= 0.3 is 6.36 Å². The molecule has 0 spiro atoms. The van der Waals surface area contributed by atoms with Crippen LogP contribution in [0.25, 0.3) is 0 Å². The van der Waals surface area contributed by atoms with Crippen LogP contribution in [0.15, 0.2) is 21.1 Å². The summed E-state index contributed by atoms with van der Waals surface area (Å²) in [5, 5.41) is 0. The van der Waals surface area contributed by atoms with Gasteiger partial charge in [-0.05, 0) is 49.6 Å². The lowest BCUT2D eigenvalue weighted by atomic mass is 10.2. The molecule has 0 aliphatic rings. The van der Waals surface area contributed by atoms with Crippen molar-refractivity contribution in [3.05, 3.63) is 26.6 Å². The number of benzene rings is 1. The monoisotopic (exact) mass is 376 g/mol. The maximum absolute atomic E-state index is 12.1. The van der Waals surface area contributed by atoms with Gasteiger partial charge in [0, 0.05) is 0 Å². The van der Waals surface area contributed by atoms with E-state index < -0.39 is 6.36 Å². The summed E-state index contributed by atoms with van der Waals surface area (Å²) in [6.45, 7) is 0.217. The first-order chi connectivity index (χ1) is 7.83. The average molecular weight is 378 g/mol. The van der Waals surface area contributed by atoms with Crippen LogP contribution in [0.5, 0.6) is 5.75 Å². The molecule has 0 aliphatic carbocycles. The minimum absolute atomic E-state index is 0.0347. The number of ether oxygens (including phenoxy) is 2. The molecule has 1 aromatic rings. The SMILES string of the molecule is O=COCc1cc(Br)c(OC(F)(F)F)c(Br)c1. The topological polar surface area (TPSA) is 35.5 Å². The van der Waals surface area contributed by atoms with Gasteiger partial charge in [0.05, 0.1) is 8.95 Å². The fraction of sp³-hybridized carbons (Fsp3) is 0.222. The van der Waals surface area contributed by atoms with Crippen LogP contribution in [0.2, 0.25) is 0 Å². The van der Waals surface area contributed by atoms with E-state index in [1.54, 1.807) is 0 Å². The summed E-state index contributed by atoms with van der Waals surface area (Å²) in [5.74, 6) is -0.382. The largest absolute Gasteiger partial charge is 0.573 e. The van der Waals surface area contributed by atoms with Crippen molar-refractivity contribution in [1.29, 1.82) is 0 Å². The molecule has 1 rings (SSSR count). The molecule has 0 fully saturated rings. The Bertz CT molecular complexity index is 397. The van der Waals surface area contributed by atoms with Crippen LogP contribution in [0, 0.1) is 0 Å². The molecular weight excluding hydrogens is 373 g/mol. The Morgan fingerprint density at radius 3 is 2.18 bits per heavy atom. The Morgan fingerprint density at radius 2 is 1.76 bits per heavy atom. The van der Waals surface area contributed by atoms with Crippen molar-refractivity contribution in [1.82, 2.24) is 0 Å². The summed E-state index contributed by atoms with van der Waals surface area (Å²) in [7, 11) is 0. The number of carbonyl (C=O) groups excluding carboxylic acids is 1. The van der Waals surface area contributed by atoms with Crippen LogP contribution >= 0.6 is 31.9 Å². The molecular formula is C9H5Br2F3O3. The summed E-state index contributed by atoms with van der Waals surface area (Å²) in [4.78, 5) is 9.98. The molecule has 0 heterocycles. The third kappa shape index (κ3) is 4.55. The lowest BCUT2D eigenvalue weighted by molar-refractivity contribution is -0.275. The van der Waals surface area contributed by atoms with Crippen molar-refractivity contribution >= 4 is 38.3 Å². The van der Waals surface area contributed by atoms with E-state index in [2.05, 4.69) is 41.3 Å². The predicted molar refractivity (Wildman–Crippen MR) is 59.4 cm³/mol. The Morgan fingerprint density at radius 1 is 1.24 bits per heavy atom. The van der Waals surface area contributed by atoms with Gasteiger partial charge < -0.3 is 9.47 Å². The zero-order valence-corrected chi connectivity index (χ0v) is 11.2. The van der Waals surface area contributed by atoms with Gasteiger partial charge in [0.25, 0.3) is 6.47 Å². The summed E-state index contributed by atoms with van der Waals surface area (Å²) < 4.78 is 44.7. The van der Waals surface area contributed by atoms with Crippen LogP contribution in [-0.4, -0.2) is 12.8 Å². The molecule has 0 amide bonds. The molecule has 8 heteroatoms. The Kier molecular flexibility index (Phi) is 4.81. The highest BCUT2D eigenvalue weighted by atomic mass is 79.9. The second-order valence-electron chi connectivity index (χ2n) is 2.84. The fourth-order valence-corrected chi connectivity index (χ4v) is 2.48. The summed E-state index contributed by atoms with van der Waals surface area (Å²) in [6.07, 6.45) is -4.77. The van der Waals surface area contributed by atoms with Crippen molar-refractivity contribution in [2.75, 3.05) is 0 Å². The van der Waals surface area contributed by atoms with Gasteiger partial charge in [-0.1, -0.05) is 0 Å². The first kappa shape index (κ1) is 14.3. The minimum Gasteiger partial charge on any atom is -0.463 e. The fourth-order valence-electron chi connectivity index (χ4n) is 1.04. The van der Waals surface area contributed by atoms with Crippen molar-refractivity contribution in [2.45, 2.75) is 13.0 Å². The zero-order chi connectivity index (χ0) is 13.1. The normalized spacial score (nSPS) is 11.1. The number of rotatable bonds is 4. The second-order valence-corrected chi connectivity index (χ2v) is 4.55. The van der Waals surface area contributed by atoms with E-state index in [0.717, 1.165) is 0 Å². The molecule has 0 atom stereocenters. The number of carbonyl (C=O) groups is 1. The lowest BCUT2D eigenvalue weighted by Crippen LogP contribution is -2.17. The molecule has 17 heavy (non-hydrogen) atoms. The van der Waals surface area contributed by atoms with Crippen LogP contribution in [0.4, 0.5) is 13.2 Å². The standard InChI is InChI=1S/C9H5Br2F3O3/c10-6-1-5(3-16-4-15)2-7(11)8(6)17-9(12,13)14/h1-2,4H,3H2. The zero-order valence-electron chi connectivity index (χ0n) is 8.05. The second kappa shape index (κ2) is 5.72. The maximum Gasteiger partial charge on any atom is 0.573 e. The van der Waals surface area contributed by atoms with E-state index in [4.69, 9.17) is 0 Å². The quantitative estimate of drug-likeness (QED) is 0.749. The maximum atomic E-state index is 12.1. The number of hydrogen-bond acceptors (Lipinski definition) is 3. The van der Waals surface area contributed by atoms with E-state index in [1.807, 2.05) is 0 Å². The Balaban J connectivity index is 2.98. The van der Waals surface area contributed by atoms with E-state index in [-0.39, 0.29) is 27.8 Å². The van der Waals surface area contributed by atoms with E-state index in [0.29, 0.717) is 5.56 Å². The van der Waals surface area contributed by atoms with Gasteiger partial charge in [0.1, 0.15) is 6.61 Å². The lowest BCUT2D eigenvalue weighted by Gasteiger charge is -2.13. The predicted octanol–water partition coefficient (Wildman–Crippen LogP) is 3.78. The number of halogens is 5. The van der Waals surface area contributed by atoms with Gasteiger partial charge in [-0.15, -0.1) is 13.2 Å². The Labute approximate surface area is 111 Å². The highest BCUT2D eigenvalue weighted by molar-refractivity contribution is 9.11. The summed E-state index contributed by atoms with van der Waals surface area (Å²) >= 11 is 5.89. The van der Waals surface area contributed by atoms with Gasteiger partial charge in [-0.25, -0.2) is 0 Å². The molecule has 0 unspecified atom stereocenters. The first-order valence-corrected chi connectivity index (χ1v) is 5.71. The van der Waals surface area contributed by atoms with Gasteiger partial charge in [-0.3, -0.25) is 4.79 Å². The summed E-state index contributed by atoms with van der Waals surface area (Å²) in [5.41, 5.74) is 0.519. The van der Waals surface area contributed by atoms with Crippen molar-refractivity contribution in [3.8, 4) is 5.75 Å². The third-order valence-electron chi connectivity index (χ3n) is 1.59. The molecule has 0 saturated heterocycles. The smallest absolute Gasteiger partial charge is 0.463 e. The molecule has 1 aromatic carbocycles. The van der Waals surface area contributed by atoms with Gasteiger partial charge in [-0.2, -0.15) is 0 Å². The molecule has 0 saturated carbocycles. The van der Waals surface area contributed by atoms with Gasteiger partial charge in [0.15, 0.2) is 5.75 Å². The first-order valence-electron chi connectivity index (χ1n) is 4.12. The molecule has 0 aromatic heterocycles. The minimum atomic E-state index is -4.77. The number of hydrogen-bond donors (Lipinski definition) is 0. The van der Waals surface area contributed by atoms with Crippen molar-refractivity contribution in [2.24, 2.45) is 0 Å². The van der Waals surface area contributed by atoms with Crippen LogP contribution in [-0.2, 0) is 16.1 Å². The molecule has 3 nitrogen and oxygen atoms in total. The highest BCUT2D eigenvalue weighted by Gasteiger charge is 2.33. The Hall–Kier alpha value is -0.760. The van der Waals surface area contributed by atoms with E-state index in [1.165, 1.54) is 12.1 Å². The van der Waals surface area contributed by atoms with Crippen LogP contribution < -0.4 is 4.74 Å². The average Bonchev–Trinajstić information content (AvgIpc) is 2.19. The molecule has 0 bridgehead atoms. The summed E-state index contributed by atoms with van der Waals surface area (Å²) in [6, 6.07) is 2.74. The van der Waals surface area contributed by atoms with Crippen molar-refractivity contribution in [3.63, 3.8) is 0 Å². The molecule has 94 valence electrons. The van der Waals surface area contributed by atoms with Gasteiger partial charge in [0.2, 0.25) is 0 Å². The molecule has 0 N–H and O–H groups in total. The number of alkyl halides is 3. The third-order valence-corrected chi connectivity index (χ3v) is 2.77. The van der Waals surface area contributed by atoms with Crippen molar-refractivity contribution < 1.29 is 27.4 Å². The highest BCUT2D eigenvalue weighted by Crippen LogP contribution is 2.38. The van der Waals surface area contributed by atoms with E-state index in [9.17, 15) is 18.0 Å².